The maximum Gasteiger partial charge on any atom is 0.146 e. The number of hydrogen-bond donors (Lipinski definition) is 0. The highest BCUT2D eigenvalue weighted by Gasteiger charge is 2.17. The molecule has 0 radical (unpaired) electrons. The van der Waals surface area contributed by atoms with Gasteiger partial charge in [0.2, 0.25) is 0 Å². The smallest absolute Gasteiger partial charge is 0.146 e. The molecular formula is C12H8Cl2N2S2. The van der Waals surface area contributed by atoms with Gasteiger partial charge in [-0.3, -0.25) is 0 Å². The number of fused-ring (bicyclic) bond motifs is 1. The summed E-state index contributed by atoms with van der Waals surface area (Å²) in [5.74, 6) is 0.856. The van der Waals surface area contributed by atoms with Gasteiger partial charge in [-0.2, -0.15) is 0 Å². The van der Waals surface area contributed by atoms with Crippen molar-refractivity contribution in [1.82, 2.24) is 9.97 Å². The van der Waals surface area contributed by atoms with E-state index in [1.165, 1.54) is 9.75 Å². The van der Waals surface area contributed by atoms with Gasteiger partial charge in [0.15, 0.2) is 0 Å². The van der Waals surface area contributed by atoms with Gasteiger partial charge in [-0.15, -0.1) is 34.3 Å². The molecular weight excluding hydrogens is 307 g/mol. The van der Waals surface area contributed by atoms with Crippen LogP contribution < -0.4 is 0 Å². The van der Waals surface area contributed by atoms with Gasteiger partial charge in [0.1, 0.15) is 15.8 Å². The van der Waals surface area contributed by atoms with Gasteiger partial charge < -0.3 is 0 Å². The van der Waals surface area contributed by atoms with Crippen LogP contribution in [0.2, 0.25) is 5.15 Å². The molecule has 0 unspecified atom stereocenters. The molecule has 0 fully saturated rings. The minimum Gasteiger partial charge on any atom is -0.221 e. The van der Waals surface area contributed by atoms with Gasteiger partial charge in [0, 0.05) is 15.3 Å². The molecule has 92 valence electrons. The summed E-state index contributed by atoms with van der Waals surface area (Å²) in [4.78, 5) is 12.0. The Morgan fingerprint density at radius 1 is 1.33 bits per heavy atom. The molecule has 0 bridgehead atoms. The Labute approximate surface area is 122 Å². The van der Waals surface area contributed by atoms with Crippen LogP contribution in [0.3, 0.4) is 0 Å². The second-order valence-corrected chi connectivity index (χ2v) is 6.53. The Bertz CT molecular complexity index is 705. The summed E-state index contributed by atoms with van der Waals surface area (Å²) < 4.78 is 0. The van der Waals surface area contributed by atoms with Gasteiger partial charge >= 0.3 is 0 Å². The molecule has 0 aliphatic heterocycles. The third-order valence-electron chi connectivity index (χ3n) is 2.62. The first-order valence-corrected chi connectivity index (χ1v) is 7.87. The van der Waals surface area contributed by atoms with Crippen LogP contribution in [-0.2, 0) is 5.88 Å². The van der Waals surface area contributed by atoms with Gasteiger partial charge in [-0.1, -0.05) is 17.7 Å². The fraction of sp³-hybridized carbons (Fsp3) is 0.167. The number of hydrogen-bond acceptors (Lipinski definition) is 4. The van der Waals surface area contributed by atoms with Gasteiger partial charge in [-0.25, -0.2) is 9.97 Å². The van der Waals surface area contributed by atoms with E-state index < -0.39 is 0 Å². The largest absolute Gasteiger partial charge is 0.221 e. The van der Waals surface area contributed by atoms with Crippen molar-refractivity contribution in [2.75, 3.05) is 0 Å². The molecule has 0 amide bonds. The summed E-state index contributed by atoms with van der Waals surface area (Å²) in [7, 11) is 0. The van der Waals surface area contributed by atoms with E-state index in [0.717, 1.165) is 15.8 Å². The normalized spacial score (nSPS) is 11.3. The molecule has 2 nitrogen and oxygen atoms in total. The first-order valence-electron chi connectivity index (χ1n) is 5.26. The van der Waals surface area contributed by atoms with Crippen molar-refractivity contribution in [2.45, 2.75) is 12.8 Å². The van der Waals surface area contributed by atoms with Gasteiger partial charge in [0.25, 0.3) is 0 Å². The Hall–Kier alpha value is -0.680. The highest BCUT2D eigenvalue weighted by Crippen LogP contribution is 2.42. The van der Waals surface area contributed by atoms with Gasteiger partial charge in [-0.05, 0) is 18.4 Å². The Morgan fingerprint density at radius 2 is 2.17 bits per heavy atom. The molecule has 18 heavy (non-hydrogen) atoms. The van der Waals surface area contributed by atoms with E-state index in [2.05, 4.69) is 28.3 Å². The molecule has 0 N–H and O–H groups in total. The molecule has 0 aromatic carbocycles. The first-order chi connectivity index (χ1) is 8.70. The molecule has 0 aliphatic carbocycles. The minimum atomic E-state index is 0.279. The zero-order valence-electron chi connectivity index (χ0n) is 9.41. The lowest BCUT2D eigenvalue weighted by atomic mass is 10.1. The molecule has 3 rings (SSSR count). The van der Waals surface area contributed by atoms with Gasteiger partial charge in [0.05, 0.1) is 11.3 Å². The monoisotopic (exact) mass is 314 g/mol. The van der Waals surface area contributed by atoms with E-state index in [1.807, 2.05) is 6.07 Å². The number of rotatable bonds is 2. The minimum absolute atomic E-state index is 0.279. The molecule has 0 saturated heterocycles. The number of thiophene rings is 2. The number of nitrogens with zero attached hydrogens (tertiary/aromatic N) is 2. The van der Waals surface area contributed by atoms with E-state index in [9.17, 15) is 0 Å². The summed E-state index contributed by atoms with van der Waals surface area (Å²) in [6, 6.07) is 4.12. The molecule has 0 spiro atoms. The lowest BCUT2D eigenvalue weighted by Crippen LogP contribution is -1.91. The van der Waals surface area contributed by atoms with Crippen LogP contribution in [0.1, 0.15) is 10.7 Å². The average molecular weight is 315 g/mol. The van der Waals surface area contributed by atoms with E-state index >= 15 is 0 Å². The Balaban J connectivity index is 2.36. The Morgan fingerprint density at radius 3 is 2.83 bits per heavy atom. The quantitative estimate of drug-likeness (QED) is 0.484. The number of aryl methyl sites for hydroxylation is 1. The van der Waals surface area contributed by atoms with Crippen LogP contribution in [-0.4, -0.2) is 9.97 Å². The number of halogens is 2. The predicted octanol–water partition coefficient (Wildman–Crippen LogP) is 5.12. The van der Waals surface area contributed by atoms with E-state index in [0.29, 0.717) is 11.0 Å². The van der Waals surface area contributed by atoms with Crippen LogP contribution in [0.15, 0.2) is 17.5 Å². The van der Waals surface area contributed by atoms with Crippen LogP contribution >= 0.6 is 45.9 Å². The van der Waals surface area contributed by atoms with Crippen molar-refractivity contribution >= 4 is 56.1 Å². The standard InChI is InChI=1S/C12H8Cl2N2S2/c1-6-9(7-3-2-4-17-7)10-11(14)15-8(5-13)16-12(10)18-6/h2-4H,5H2,1H3. The maximum atomic E-state index is 6.28. The van der Waals surface area contributed by atoms with Crippen molar-refractivity contribution in [3.63, 3.8) is 0 Å². The summed E-state index contributed by atoms with van der Waals surface area (Å²) in [6.45, 7) is 2.08. The van der Waals surface area contributed by atoms with E-state index in [1.54, 1.807) is 22.7 Å². The highest BCUT2D eigenvalue weighted by molar-refractivity contribution is 7.20. The molecule has 0 saturated carbocycles. The topological polar surface area (TPSA) is 25.8 Å². The summed E-state index contributed by atoms with van der Waals surface area (Å²) in [5, 5.41) is 3.49. The van der Waals surface area contributed by atoms with Crippen LogP contribution in [0.4, 0.5) is 0 Å². The van der Waals surface area contributed by atoms with Crippen LogP contribution in [0.5, 0.6) is 0 Å². The second-order valence-electron chi connectivity index (χ2n) is 3.75. The van der Waals surface area contributed by atoms with E-state index in [4.69, 9.17) is 23.2 Å². The molecule has 3 aromatic rings. The third-order valence-corrected chi connectivity index (χ3v) is 5.02. The summed E-state index contributed by atoms with van der Waals surface area (Å²) >= 11 is 15.4. The highest BCUT2D eigenvalue weighted by atomic mass is 35.5. The molecule has 6 heteroatoms. The maximum absolute atomic E-state index is 6.28. The van der Waals surface area contributed by atoms with Crippen molar-refractivity contribution < 1.29 is 0 Å². The molecule has 3 heterocycles. The van der Waals surface area contributed by atoms with E-state index in [-0.39, 0.29) is 5.88 Å². The SMILES string of the molecule is Cc1sc2nc(CCl)nc(Cl)c2c1-c1cccs1. The number of aromatic nitrogens is 2. The predicted molar refractivity (Wildman–Crippen MR) is 80.0 cm³/mol. The molecule has 3 aromatic heterocycles. The molecule has 0 aliphatic rings. The summed E-state index contributed by atoms with van der Waals surface area (Å²) in [5.41, 5.74) is 1.15. The fourth-order valence-electron chi connectivity index (χ4n) is 1.89. The van der Waals surface area contributed by atoms with Crippen molar-refractivity contribution in [3.05, 3.63) is 33.4 Å². The lowest BCUT2D eigenvalue weighted by Gasteiger charge is -2.00. The van der Waals surface area contributed by atoms with Crippen molar-refractivity contribution in [3.8, 4) is 10.4 Å². The zero-order valence-corrected chi connectivity index (χ0v) is 12.6. The fourth-order valence-corrected chi connectivity index (χ4v) is 4.30. The third kappa shape index (κ3) is 1.93. The van der Waals surface area contributed by atoms with Crippen LogP contribution in [0, 0.1) is 6.92 Å². The van der Waals surface area contributed by atoms with Crippen molar-refractivity contribution in [2.24, 2.45) is 0 Å². The Kier molecular flexibility index (Phi) is 3.28. The zero-order chi connectivity index (χ0) is 12.7. The number of alkyl halides is 1. The second kappa shape index (κ2) is 4.78. The summed E-state index contributed by atoms with van der Waals surface area (Å²) in [6.07, 6.45) is 0. The average Bonchev–Trinajstić information content (AvgIpc) is 2.95. The van der Waals surface area contributed by atoms with Crippen molar-refractivity contribution in [1.29, 1.82) is 0 Å². The molecule has 0 atom stereocenters. The lowest BCUT2D eigenvalue weighted by molar-refractivity contribution is 1.07. The first kappa shape index (κ1) is 12.4. The van der Waals surface area contributed by atoms with Crippen LogP contribution in [0.25, 0.3) is 20.7 Å².